The van der Waals surface area contributed by atoms with Crippen molar-refractivity contribution in [1.29, 1.82) is 0 Å². The first kappa shape index (κ1) is 16.5. The Hall–Kier alpha value is -1.59. The summed E-state index contributed by atoms with van der Waals surface area (Å²) in [6.45, 7) is 0.905. The van der Waals surface area contributed by atoms with E-state index in [2.05, 4.69) is 10.6 Å². The molecule has 0 aromatic heterocycles. The number of alkyl halides is 1. The number of rotatable bonds is 8. The van der Waals surface area contributed by atoms with Gasteiger partial charge in [0.25, 0.3) is 5.91 Å². The molecule has 0 fully saturated rings. The molecule has 0 unspecified atom stereocenters. The molecule has 0 aliphatic heterocycles. The molecular formula is C14H19ClN2O3. The Labute approximate surface area is 123 Å². The van der Waals surface area contributed by atoms with Gasteiger partial charge in [-0.25, -0.2) is 0 Å². The number of ether oxygens (including phenoxy) is 1. The number of methoxy groups -OCH3 is 1. The Morgan fingerprint density at radius 3 is 2.85 bits per heavy atom. The summed E-state index contributed by atoms with van der Waals surface area (Å²) < 4.78 is 4.86. The third kappa shape index (κ3) is 6.04. The van der Waals surface area contributed by atoms with E-state index in [1.54, 1.807) is 31.4 Å². The molecule has 0 bridgehead atoms. The fraction of sp³-hybridized carbons (Fsp3) is 0.429. The quantitative estimate of drug-likeness (QED) is 0.570. The Morgan fingerprint density at radius 2 is 2.15 bits per heavy atom. The van der Waals surface area contributed by atoms with E-state index in [9.17, 15) is 9.59 Å². The van der Waals surface area contributed by atoms with Crippen molar-refractivity contribution in [2.75, 3.05) is 31.5 Å². The van der Waals surface area contributed by atoms with E-state index in [-0.39, 0.29) is 11.8 Å². The van der Waals surface area contributed by atoms with Crippen LogP contribution in [0, 0.1) is 0 Å². The summed E-state index contributed by atoms with van der Waals surface area (Å²) in [5.74, 6) is 0.150. The predicted molar refractivity (Wildman–Crippen MR) is 79.2 cm³/mol. The standard InChI is InChI=1S/C14H19ClN2O3/c1-20-9-8-16-14(19)11-4-2-5-12(10-11)17-13(18)6-3-7-15/h2,4-5,10H,3,6-9H2,1H3,(H,16,19)(H,17,18). The first-order valence-electron chi connectivity index (χ1n) is 6.40. The molecule has 2 N–H and O–H groups in total. The van der Waals surface area contributed by atoms with Gasteiger partial charge in [-0.15, -0.1) is 11.6 Å². The highest BCUT2D eigenvalue weighted by Crippen LogP contribution is 2.11. The van der Waals surface area contributed by atoms with Crippen LogP contribution in [0.15, 0.2) is 24.3 Å². The molecule has 0 heterocycles. The molecule has 0 aliphatic rings. The number of anilines is 1. The Bertz CT molecular complexity index is 452. The third-order valence-corrected chi connectivity index (χ3v) is 2.80. The fourth-order valence-electron chi connectivity index (χ4n) is 1.56. The third-order valence-electron chi connectivity index (χ3n) is 2.54. The molecule has 0 radical (unpaired) electrons. The second-order valence-corrected chi connectivity index (χ2v) is 4.55. The molecule has 2 amide bonds. The summed E-state index contributed by atoms with van der Waals surface area (Å²) in [5, 5.41) is 5.46. The van der Waals surface area contributed by atoms with Crippen molar-refractivity contribution in [2.24, 2.45) is 0 Å². The number of hydrogen-bond donors (Lipinski definition) is 2. The van der Waals surface area contributed by atoms with Gasteiger partial charge in [-0.2, -0.15) is 0 Å². The summed E-state index contributed by atoms with van der Waals surface area (Å²) in [5.41, 5.74) is 1.10. The minimum atomic E-state index is -0.195. The Kier molecular flexibility index (Phi) is 7.69. The van der Waals surface area contributed by atoms with Crippen LogP contribution in [0.2, 0.25) is 0 Å². The summed E-state index contributed by atoms with van der Waals surface area (Å²) in [6.07, 6.45) is 0.998. The molecule has 0 aliphatic carbocycles. The molecular weight excluding hydrogens is 280 g/mol. The lowest BCUT2D eigenvalue weighted by molar-refractivity contribution is -0.116. The monoisotopic (exact) mass is 298 g/mol. The predicted octanol–water partition coefficient (Wildman–Crippen LogP) is 2.02. The van der Waals surface area contributed by atoms with Crippen molar-refractivity contribution in [1.82, 2.24) is 5.32 Å². The Morgan fingerprint density at radius 1 is 1.35 bits per heavy atom. The molecule has 0 atom stereocenters. The van der Waals surface area contributed by atoms with Gasteiger partial charge >= 0.3 is 0 Å². The van der Waals surface area contributed by atoms with Crippen LogP contribution < -0.4 is 10.6 Å². The van der Waals surface area contributed by atoms with Gasteiger partial charge in [0.15, 0.2) is 0 Å². The summed E-state index contributed by atoms with van der Waals surface area (Å²) in [7, 11) is 1.57. The maximum absolute atomic E-state index is 11.8. The smallest absolute Gasteiger partial charge is 0.251 e. The number of amides is 2. The highest BCUT2D eigenvalue weighted by Gasteiger charge is 2.07. The number of carbonyl (C=O) groups is 2. The number of benzene rings is 1. The average molecular weight is 299 g/mol. The zero-order valence-electron chi connectivity index (χ0n) is 11.4. The number of nitrogens with one attached hydrogen (secondary N) is 2. The molecule has 5 nitrogen and oxygen atoms in total. The van der Waals surface area contributed by atoms with Crippen LogP contribution in [0.25, 0.3) is 0 Å². The number of halogens is 1. The molecule has 1 aromatic rings. The molecule has 1 rings (SSSR count). The normalized spacial score (nSPS) is 10.1. The minimum absolute atomic E-state index is 0.109. The minimum Gasteiger partial charge on any atom is -0.383 e. The zero-order valence-corrected chi connectivity index (χ0v) is 12.2. The first-order valence-corrected chi connectivity index (χ1v) is 6.94. The topological polar surface area (TPSA) is 67.4 Å². The lowest BCUT2D eigenvalue weighted by Crippen LogP contribution is -2.27. The van der Waals surface area contributed by atoms with Crippen molar-refractivity contribution >= 4 is 29.1 Å². The van der Waals surface area contributed by atoms with Crippen LogP contribution in [0.3, 0.4) is 0 Å². The van der Waals surface area contributed by atoms with Gasteiger partial charge in [-0.3, -0.25) is 9.59 Å². The fourth-order valence-corrected chi connectivity index (χ4v) is 1.69. The van der Waals surface area contributed by atoms with Gasteiger partial charge < -0.3 is 15.4 Å². The van der Waals surface area contributed by atoms with Crippen molar-refractivity contribution in [3.05, 3.63) is 29.8 Å². The van der Waals surface area contributed by atoms with E-state index in [0.29, 0.717) is 43.1 Å². The van der Waals surface area contributed by atoms with E-state index < -0.39 is 0 Å². The highest BCUT2D eigenvalue weighted by molar-refractivity contribution is 6.18. The Balaban J connectivity index is 2.56. The molecule has 0 spiro atoms. The average Bonchev–Trinajstić information content (AvgIpc) is 2.45. The number of hydrogen-bond acceptors (Lipinski definition) is 3. The molecule has 6 heteroatoms. The largest absolute Gasteiger partial charge is 0.383 e. The van der Waals surface area contributed by atoms with E-state index in [0.717, 1.165) is 0 Å². The summed E-state index contributed by atoms with van der Waals surface area (Å²) in [6, 6.07) is 6.80. The molecule has 1 aromatic carbocycles. The lowest BCUT2D eigenvalue weighted by Gasteiger charge is -2.08. The second kappa shape index (κ2) is 9.34. The van der Waals surface area contributed by atoms with Gasteiger partial charge in [0.2, 0.25) is 5.91 Å². The van der Waals surface area contributed by atoms with Gasteiger partial charge in [-0.1, -0.05) is 6.07 Å². The van der Waals surface area contributed by atoms with Gasteiger partial charge in [0.1, 0.15) is 0 Å². The maximum Gasteiger partial charge on any atom is 0.251 e. The second-order valence-electron chi connectivity index (χ2n) is 4.17. The van der Waals surface area contributed by atoms with Crippen LogP contribution in [0.5, 0.6) is 0 Å². The highest BCUT2D eigenvalue weighted by atomic mass is 35.5. The summed E-state index contributed by atoms with van der Waals surface area (Å²) >= 11 is 5.53. The van der Waals surface area contributed by atoms with E-state index in [1.807, 2.05) is 0 Å². The van der Waals surface area contributed by atoms with E-state index >= 15 is 0 Å². The lowest BCUT2D eigenvalue weighted by atomic mass is 10.2. The van der Waals surface area contributed by atoms with Crippen molar-refractivity contribution in [3.63, 3.8) is 0 Å². The van der Waals surface area contributed by atoms with Gasteiger partial charge in [0.05, 0.1) is 6.61 Å². The van der Waals surface area contributed by atoms with Crippen molar-refractivity contribution in [2.45, 2.75) is 12.8 Å². The number of carbonyl (C=O) groups excluding carboxylic acids is 2. The van der Waals surface area contributed by atoms with Crippen LogP contribution in [0.4, 0.5) is 5.69 Å². The van der Waals surface area contributed by atoms with Crippen LogP contribution in [-0.2, 0) is 9.53 Å². The first-order chi connectivity index (χ1) is 9.67. The van der Waals surface area contributed by atoms with Gasteiger partial charge in [0, 0.05) is 37.2 Å². The van der Waals surface area contributed by atoms with Crippen molar-refractivity contribution in [3.8, 4) is 0 Å². The van der Waals surface area contributed by atoms with Crippen LogP contribution in [-0.4, -0.2) is 38.0 Å². The SMILES string of the molecule is COCCNC(=O)c1cccc(NC(=O)CCCCl)c1. The molecule has 110 valence electrons. The van der Waals surface area contributed by atoms with Gasteiger partial charge in [-0.05, 0) is 24.6 Å². The molecule has 0 saturated carbocycles. The summed E-state index contributed by atoms with van der Waals surface area (Å²) in [4.78, 5) is 23.4. The van der Waals surface area contributed by atoms with E-state index in [1.165, 1.54) is 0 Å². The molecule has 20 heavy (non-hydrogen) atoms. The van der Waals surface area contributed by atoms with E-state index in [4.69, 9.17) is 16.3 Å². The molecule has 0 saturated heterocycles. The maximum atomic E-state index is 11.8. The van der Waals surface area contributed by atoms with Crippen molar-refractivity contribution < 1.29 is 14.3 Å². The van der Waals surface area contributed by atoms with Crippen LogP contribution in [0.1, 0.15) is 23.2 Å². The zero-order chi connectivity index (χ0) is 14.8. The van der Waals surface area contributed by atoms with Crippen LogP contribution >= 0.6 is 11.6 Å².